The molecule has 0 saturated heterocycles. The molecule has 0 bridgehead atoms. The number of hydrogen-bond acceptors (Lipinski definition) is 4. The number of carbonyl (C=O) groups excluding carboxylic acids is 1. The molecule has 0 aliphatic heterocycles. The van der Waals surface area contributed by atoms with E-state index in [-0.39, 0.29) is 18.0 Å². The van der Waals surface area contributed by atoms with E-state index in [4.69, 9.17) is 14.6 Å². The van der Waals surface area contributed by atoms with Crippen LogP contribution >= 0.6 is 0 Å². The van der Waals surface area contributed by atoms with Gasteiger partial charge in [0.1, 0.15) is 17.1 Å². The van der Waals surface area contributed by atoms with Crippen molar-refractivity contribution in [2.75, 3.05) is 20.8 Å². The molecule has 0 fully saturated rings. The Kier molecular flexibility index (Phi) is 6.02. The van der Waals surface area contributed by atoms with Crippen molar-refractivity contribution >= 4 is 11.9 Å². The van der Waals surface area contributed by atoms with Gasteiger partial charge >= 0.3 is 5.97 Å². The minimum atomic E-state index is -0.933. The third-order valence-electron chi connectivity index (χ3n) is 3.26. The van der Waals surface area contributed by atoms with Gasteiger partial charge in [-0.3, -0.25) is 9.59 Å². The predicted octanol–water partition coefficient (Wildman–Crippen LogP) is 1.79. The van der Waals surface area contributed by atoms with Crippen LogP contribution in [0.5, 0.6) is 11.5 Å². The number of carbonyl (C=O) groups is 2. The monoisotopic (exact) mass is 295 g/mol. The van der Waals surface area contributed by atoms with E-state index in [0.717, 1.165) is 0 Å². The van der Waals surface area contributed by atoms with E-state index in [9.17, 15) is 9.59 Å². The van der Waals surface area contributed by atoms with Gasteiger partial charge in [0, 0.05) is 6.54 Å². The van der Waals surface area contributed by atoms with Crippen LogP contribution in [-0.2, 0) is 4.79 Å². The molecular weight excluding hydrogens is 274 g/mol. The van der Waals surface area contributed by atoms with Gasteiger partial charge in [-0.15, -0.1) is 0 Å². The standard InChI is InChI=1S/C15H21NO5/c1-9(2)10(15(18)19)8-16-14(17)13-11(20-3)6-5-7-12(13)21-4/h5-7,9-10H,8H2,1-4H3,(H,16,17)(H,18,19). The zero-order valence-corrected chi connectivity index (χ0v) is 12.7. The number of benzene rings is 1. The van der Waals surface area contributed by atoms with Gasteiger partial charge in [-0.05, 0) is 18.1 Å². The van der Waals surface area contributed by atoms with E-state index in [1.807, 2.05) is 0 Å². The minimum absolute atomic E-state index is 0.0486. The van der Waals surface area contributed by atoms with Crippen LogP contribution in [0.1, 0.15) is 24.2 Å². The maximum Gasteiger partial charge on any atom is 0.308 e. The molecule has 2 N–H and O–H groups in total. The summed E-state index contributed by atoms with van der Waals surface area (Å²) in [7, 11) is 2.92. The molecule has 1 rings (SSSR count). The maximum absolute atomic E-state index is 12.3. The van der Waals surface area contributed by atoms with Gasteiger partial charge in [0.15, 0.2) is 0 Å². The summed E-state index contributed by atoms with van der Waals surface area (Å²) in [5, 5.41) is 11.8. The van der Waals surface area contributed by atoms with Gasteiger partial charge in [0.2, 0.25) is 0 Å². The summed E-state index contributed by atoms with van der Waals surface area (Å²) in [6, 6.07) is 5.01. The molecule has 1 atom stereocenters. The SMILES string of the molecule is COc1cccc(OC)c1C(=O)NCC(C(=O)O)C(C)C. The Hall–Kier alpha value is -2.24. The molecule has 6 nitrogen and oxygen atoms in total. The number of amides is 1. The highest BCUT2D eigenvalue weighted by atomic mass is 16.5. The van der Waals surface area contributed by atoms with E-state index in [0.29, 0.717) is 11.5 Å². The quantitative estimate of drug-likeness (QED) is 0.801. The molecule has 0 spiro atoms. The van der Waals surface area contributed by atoms with Crippen molar-refractivity contribution < 1.29 is 24.2 Å². The first-order valence-electron chi connectivity index (χ1n) is 6.64. The minimum Gasteiger partial charge on any atom is -0.496 e. The van der Waals surface area contributed by atoms with Crippen LogP contribution in [-0.4, -0.2) is 37.7 Å². The highest BCUT2D eigenvalue weighted by Gasteiger charge is 2.24. The Balaban J connectivity index is 2.92. The summed E-state index contributed by atoms with van der Waals surface area (Å²) in [5.74, 6) is -1.32. The van der Waals surface area contributed by atoms with Crippen molar-refractivity contribution in [3.05, 3.63) is 23.8 Å². The second-order valence-corrected chi connectivity index (χ2v) is 4.94. The molecule has 6 heteroatoms. The number of nitrogens with one attached hydrogen (secondary N) is 1. The maximum atomic E-state index is 12.3. The molecule has 21 heavy (non-hydrogen) atoms. The van der Waals surface area contributed by atoms with Gasteiger partial charge in [0.25, 0.3) is 5.91 Å². The molecule has 0 saturated carbocycles. The molecule has 1 amide bonds. The summed E-state index contributed by atoms with van der Waals surface area (Å²) < 4.78 is 10.3. The molecule has 0 aromatic heterocycles. The summed E-state index contributed by atoms with van der Waals surface area (Å²) in [4.78, 5) is 23.4. The molecule has 1 unspecified atom stereocenters. The highest BCUT2D eigenvalue weighted by molar-refractivity contribution is 5.99. The highest BCUT2D eigenvalue weighted by Crippen LogP contribution is 2.28. The topological polar surface area (TPSA) is 84.9 Å². The van der Waals surface area contributed by atoms with E-state index in [2.05, 4.69) is 5.32 Å². The lowest BCUT2D eigenvalue weighted by atomic mass is 9.96. The molecule has 0 aliphatic rings. The molecule has 116 valence electrons. The number of carboxylic acids is 1. The van der Waals surface area contributed by atoms with Crippen LogP contribution in [0.15, 0.2) is 18.2 Å². The van der Waals surface area contributed by atoms with E-state index < -0.39 is 17.8 Å². The van der Waals surface area contributed by atoms with Crippen LogP contribution in [0, 0.1) is 11.8 Å². The van der Waals surface area contributed by atoms with Crippen LogP contribution < -0.4 is 14.8 Å². The Labute approximate surface area is 124 Å². The number of ether oxygens (including phenoxy) is 2. The lowest BCUT2D eigenvalue weighted by Gasteiger charge is -2.18. The number of carboxylic acid groups (broad SMARTS) is 1. The van der Waals surface area contributed by atoms with Crippen molar-refractivity contribution in [2.45, 2.75) is 13.8 Å². The fraction of sp³-hybridized carbons (Fsp3) is 0.467. The largest absolute Gasteiger partial charge is 0.496 e. The smallest absolute Gasteiger partial charge is 0.308 e. The first-order valence-corrected chi connectivity index (χ1v) is 6.64. The number of aliphatic carboxylic acids is 1. The van der Waals surface area contributed by atoms with Crippen LogP contribution in [0.4, 0.5) is 0 Å². The first kappa shape index (κ1) is 16.8. The Morgan fingerprint density at radius 3 is 2.10 bits per heavy atom. The molecule has 1 aromatic carbocycles. The molecule has 1 aromatic rings. The lowest BCUT2D eigenvalue weighted by Crippen LogP contribution is -2.35. The Morgan fingerprint density at radius 1 is 1.19 bits per heavy atom. The van der Waals surface area contributed by atoms with Gasteiger partial charge < -0.3 is 19.9 Å². The van der Waals surface area contributed by atoms with Crippen molar-refractivity contribution in [3.63, 3.8) is 0 Å². The zero-order valence-electron chi connectivity index (χ0n) is 12.7. The van der Waals surface area contributed by atoms with E-state index in [1.165, 1.54) is 14.2 Å². The number of rotatable bonds is 7. The summed E-state index contributed by atoms with van der Waals surface area (Å²) in [6.07, 6.45) is 0. The van der Waals surface area contributed by atoms with E-state index in [1.54, 1.807) is 32.0 Å². The van der Waals surface area contributed by atoms with Gasteiger partial charge in [-0.2, -0.15) is 0 Å². The third-order valence-corrected chi connectivity index (χ3v) is 3.26. The summed E-state index contributed by atoms with van der Waals surface area (Å²) >= 11 is 0. The molecule has 0 heterocycles. The molecular formula is C15H21NO5. The third kappa shape index (κ3) is 4.11. The fourth-order valence-corrected chi connectivity index (χ4v) is 1.97. The second kappa shape index (κ2) is 7.52. The van der Waals surface area contributed by atoms with Crippen LogP contribution in [0.2, 0.25) is 0 Å². The molecule has 0 aliphatic carbocycles. The van der Waals surface area contributed by atoms with E-state index >= 15 is 0 Å². The van der Waals surface area contributed by atoms with Crippen molar-refractivity contribution in [1.82, 2.24) is 5.32 Å². The zero-order chi connectivity index (χ0) is 16.0. The normalized spacial score (nSPS) is 11.9. The predicted molar refractivity (Wildman–Crippen MR) is 77.8 cm³/mol. The van der Waals surface area contributed by atoms with Gasteiger partial charge in [0.05, 0.1) is 20.1 Å². The van der Waals surface area contributed by atoms with Crippen molar-refractivity contribution in [2.24, 2.45) is 11.8 Å². The Bertz CT molecular complexity index is 491. The summed E-state index contributed by atoms with van der Waals surface area (Å²) in [5.41, 5.74) is 0.260. The molecule has 0 radical (unpaired) electrons. The Morgan fingerprint density at radius 2 is 1.71 bits per heavy atom. The van der Waals surface area contributed by atoms with Crippen molar-refractivity contribution in [1.29, 1.82) is 0 Å². The van der Waals surface area contributed by atoms with Crippen molar-refractivity contribution in [3.8, 4) is 11.5 Å². The second-order valence-electron chi connectivity index (χ2n) is 4.94. The summed E-state index contributed by atoms with van der Waals surface area (Å²) in [6.45, 7) is 3.65. The van der Waals surface area contributed by atoms with Gasteiger partial charge in [-0.25, -0.2) is 0 Å². The first-order chi connectivity index (χ1) is 9.92. The van der Waals surface area contributed by atoms with Gasteiger partial charge in [-0.1, -0.05) is 19.9 Å². The van der Waals surface area contributed by atoms with Crippen LogP contribution in [0.25, 0.3) is 0 Å². The number of hydrogen-bond donors (Lipinski definition) is 2. The lowest BCUT2D eigenvalue weighted by molar-refractivity contribution is -0.142. The van der Waals surface area contributed by atoms with Crippen LogP contribution in [0.3, 0.4) is 0 Å². The fourth-order valence-electron chi connectivity index (χ4n) is 1.97. The average Bonchev–Trinajstić information content (AvgIpc) is 2.45. The average molecular weight is 295 g/mol. The number of methoxy groups -OCH3 is 2.